The Morgan fingerprint density at radius 3 is 2.29 bits per heavy atom. The van der Waals surface area contributed by atoms with Crippen LogP contribution in [0.5, 0.6) is 0 Å². The molecule has 0 saturated heterocycles. The third-order valence-electron chi connectivity index (χ3n) is 5.14. The molecule has 1 aliphatic rings. The van der Waals surface area contributed by atoms with Gasteiger partial charge in [-0.05, 0) is 61.9 Å². The summed E-state index contributed by atoms with van der Waals surface area (Å²) in [4.78, 5) is 2.37. The van der Waals surface area contributed by atoms with Crippen LogP contribution in [-0.2, 0) is 13.2 Å². The van der Waals surface area contributed by atoms with Gasteiger partial charge in [-0.2, -0.15) is 0 Å². The number of hydrogen-bond acceptors (Lipinski definition) is 4. The molecule has 3 N–H and O–H groups in total. The highest BCUT2D eigenvalue weighted by atomic mass is 32.2. The fourth-order valence-electron chi connectivity index (χ4n) is 3.51. The molecule has 0 unspecified atom stereocenters. The lowest BCUT2D eigenvalue weighted by molar-refractivity contribution is 0.279. The average molecular weight is 397 g/mol. The Bertz CT molecular complexity index is 760. The van der Waals surface area contributed by atoms with E-state index in [0.29, 0.717) is 0 Å². The summed E-state index contributed by atoms with van der Waals surface area (Å²) in [6, 6.07) is 16.6. The Morgan fingerprint density at radius 2 is 1.54 bits per heavy atom. The summed E-state index contributed by atoms with van der Waals surface area (Å²) in [5.74, 6) is 0. The first kappa shape index (κ1) is 21.1. The first-order chi connectivity index (χ1) is 13.9. The smallest absolute Gasteiger partial charge is 0.0692 e. The van der Waals surface area contributed by atoms with Crippen LogP contribution in [0.1, 0.15) is 43.2 Å². The summed E-state index contributed by atoms with van der Waals surface area (Å²) in [6.07, 6.45) is 8.95. The van der Waals surface area contributed by atoms with E-state index in [0.717, 1.165) is 36.6 Å². The molecule has 0 aliphatic heterocycles. The molecule has 4 heteroatoms. The molecule has 0 aromatic heterocycles. The van der Waals surface area contributed by atoms with Crippen LogP contribution in [0, 0.1) is 0 Å². The van der Waals surface area contributed by atoms with Gasteiger partial charge in [0.15, 0.2) is 0 Å². The molecule has 0 amide bonds. The maximum absolute atomic E-state index is 9.56. The van der Waals surface area contributed by atoms with Crippen LogP contribution in [0.2, 0.25) is 0 Å². The number of allylic oxidation sites excluding steroid dienone is 1. The fourth-order valence-corrected chi connectivity index (χ4v) is 4.57. The van der Waals surface area contributed by atoms with Crippen molar-refractivity contribution >= 4 is 11.8 Å². The second kappa shape index (κ2) is 12.1. The van der Waals surface area contributed by atoms with Gasteiger partial charge < -0.3 is 15.7 Å². The van der Waals surface area contributed by atoms with E-state index in [-0.39, 0.29) is 6.61 Å². The second-order valence-corrected chi connectivity index (χ2v) is 8.34. The highest BCUT2D eigenvalue weighted by Crippen LogP contribution is 2.32. The zero-order valence-electron chi connectivity index (χ0n) is 16.6. The van der Waals surface area contributed by atoms with E-state index in [1.54, 1.807) is 17.3 Å². The molecule has 3 rings (SSSR count). The van der Waals surface area contributed by atoms with Gasteiger partial charge in [0, 0.05) is 29.4 Å². The minimum Gasteiger partial charge on any atom is -0.392 e. The van der Waals surface area contributed by atoms with Crippen LogP contribution in [0.15, 0.2) is 70.0 Å². The maximum Gasteiger partial charge on any atom is 0.0692 e. The van der Waals surface area contributed by atoms with Crippen molar-refractivity contribution in [1.29, 1.82) is 0 Å². The summed E-state index contributed by atoms with van der Waals surface area (Å²) in [5, 5.41) is 16.7. The largest absolute Gasteiger partial charge is 0.392 e. The van der Waals surface area contributed by atoms with Gasteiger partial charge in [-0.1, -0.05) is 59.8 Å². The summed E-state index contributed by atoms with van der Waals surface area (Å²) in [7, 11) is 0. The van der Waals surface area contributed by atoms with E-state index in [9.17, 15) is 5.11 Å². The van der Waals surface area contributed by atoms with Gasteiger partial charge in [-0.15, -0.1) is 0 Å². The number of aliphatic hydroxyl groups excluding tert-OH is 1. The van der Waals surface area contributed by atoms with Crippen LogP contribution in [0.3, 0.4) is 0 Å². The Labute approximate surface area is 173 Å². The zero-order valence-corrected chi connectivity index (χ0v) is 17.4. The number of aliphatic hydroxyl groups is 1. The first-order valence-corrected chi connectivity index (χ1v) is 11.2. The molecule has 0 spiro atoms. The molecule has 0 fully saturated rings. The van der Waals surface area contributed by atoms with Crippen LogP contribution < -0.4 is 10.6 Å². The summed E-state index contributed by atoms with van der Waals surface area (Å²) in [5.41, 5.74) is 3.92. The van der Waals surface area contributed by atoms with Gasteiger partial charge in [0.2, 0.25) is 0 Å². The Kier molecular flexibility index (Phi) is 9.11. The third kappa shape index (κ3) is 6.78. The summed E-state index contributed by atoms with van der Waals surface area (Å²) < 4.78 is 0. The van der Waals surface area contributed by atoms with E-state index in [4.69, 9.17) is 0 Å². The minimum absolute atomic E-state index is 0.0756. The molecule has 0 bridgehead atoms. The van der Waals surface area contributed by atoms with Crippen LogP contribution in [0.4, 0.5) is 0 Å². The number of rotatable bonds is 11. The van der Waals surface area contributed by atoms with Crippen molar-refractivity contribution in [3.63, 3.8) is 0 Å². The second-order valence-electron chi connectivity index (χ2n) is 7.26. The predicted octanol–water partition coefficient (Wildman–Crippen LogP) is 4.90. The SMILES string of the molecule is OCc1ccccc1Sc1ccccc1CNCCNCCC1=CCCCC1. The lowest BCUT2D eigenvalue weighted by atomic mass is 9.97. The molecule has 2 aromatic carbocycles. The Hall–Kier alpha value is -1.59. The van der Waals surface area contributed by atoms with E-state index in [1.807, 2.05) is 18.2 Å². The normalized spacial score (nSPS) is 14.1. The Morgan fingerprint density at radius 1 is 0.821 bits per heavy atom. The lowest BCUT2D eigenvalue weighted by Crippen LogP contribution is -2.28. The number of nitrogens with one attached hydrogen (secondary N) is 2. The standard InChI is InChI=1S/C24H32N2OS/c27-19-22-11-5-7-13-24(22)28-23-12-6-4-10-21(23)18-26-17-16-25-15-14-20-8-2-1-3-9-20/h4-8,10-13,25-27H,1-3,9,14-19H2. The quantitative estimate of drug-likeness (QED) is 0.373. The monoisotopic (exact) mass is 396 g/mol. The lowest BCUT2D eigenvalue weighted by Gasteiger charge is -2.14. The van der Waals surface area contributed by atoms with Gasteiger partial charge in [0.05, 0.1) is 6.61 Å². The van der Waals surface area contributed by atoms with Crippen molar-refractivity contribution in [1.82, 2.24) is 10.6 Å². The van der Waals surface area contributed by atoms with E-state index in [1.165, 1.54) is 42.6 Å². The molecule has 150 valence electrons. The molecule has 1 aliphatic carbocycles. The molecule has 2 aromatic rings. The van der Waals surface area contributed by atoms with Crippen LogP contribution in [0.25, 0.3) is 0 Å². The first-order valence-electron chi connectivity index (χ1n) is 10.4. The van der Waals surface area contributed by atoms with Crippen LogP contribution in [-0.4, -0.2) is 24.7 Å². The molecular formula is C24H32N2OS. The highest BCUT2D eigenvalue weighted by Gasteiger charge is 2.07. The maximum atomic E-state index is 9.56. The zero-order chi connectivity index (χ0) is 19.4. The van der Waals surface area contributed by atoms with Crippen molar-refractivity contribution in [2.45, 2.75) is 55.0 Å². The van der Waals surface area contributed by atoms with Crippen molar-refractivity contribution in [3.8, 4) is 0 Å². The van der Waals surface area contributed by atoms with Crippen molar-refractivity contribution in [2.24, 2.45) is 0 Å². The molecule has 0 saturated carbocycles. The summed E-state index contributed by atoms with van der Waals surface area (Å²) in [6.45, 7) is 3.97. The molecule has 3 nitrogen and oxygen atoms in total. The van der Waals surface area contributed by atoms with Gasteiger partial charge in [0.25, 0.3) is 0 Å². The van der Waals surface area contributed by atoms with Gasteiger partial charge >= 0.3 is 0 Å². The molecule has 0 atom stereocenters. The van der Waals surface area contributed by atoms with Crippen molar-refractivity contribution in [2.75, 3.05) is 19.6 Å². The van der Waals surface area contributed by atoms with Crippen molar-refractivity contribution < 1.29 is 5.11 Å². The van der Waals surface area contributed by atoms with E-state index in [2.05, 4.69) is 47.0 Å². The number of benzene rings is 2. The molecule has 0 radical (unpaired) electrons. The predicted molar refractivity (Wildman–Crippen MR) is 119 cm³/mol. The molecular weight excluding hydrogens is 364 g/mol. The minimum atomic E-state index is 0.0756. The van der Waals surface area contributed by atoms with E-state index < -0.39 is 0 Å². The Balaban J connectivity index is 1.40. The summed E-state index contributed by atoms with van der Waals surface area (Å²) >= 11 is 1.73. The topological polar surface area (TPSA) is 44.3 Å². The van der Waals surface area contributed by atoms with Crippen LogP contribution >= 0.6 is 11.8 Å². The third-order valence-corrected chi connectivity index (χ3v) is 6.37. The van der Waals surface area contributed by atoms with Gasteiger partial charge in [-0.25, -0.2) is 0 Å². The average Bonchev–Trinajstić information content (AvgIpc) is 2.75. The van der Waals surface area contributed by atoms with Gasteiger partial charge in [-0.3, -0.25) is 0 Å². The fraction of sp³-hybridized carbons (Fsp3) is 0.417. The number of hydrogen-bond donors (Lipinski definition) is 3. The molecule has 28 heavy (non-hydrogen) atoms. The van der Waals surface area contributed by atoms with Gasteiger partial charge in [0.1, 0.15) is 0 Å². The molecule has 0 heterocycles. The van der Waals surface area contributed by atoms with E-state index >= 15 is 0 Å². The highest BCUT2D eigenvalue weighted by molar-refractivity contribution is 7.99. The van der Waals surface area contributed by atoms with Crippen molar-refractivity contribution in [3.05, 3.63) is 71.3 Å².